The lowest BCUT2D eigenvalue weighted by atomic mass is 9.78. The predicted molar refractivity (Wildman–Crippen MR) is 151 cm³/mol. The second kappa shape index (κ2) is 13.0. The van der Waals surface area contributed by atoms with Crippen LogP contribution in [-0.2, 0) is 13.1 Å². The van der Waals surface area contributed by atoms with Crippen LogP contribution in [0.25, 0.3) is 11.0 Å². The first kappa shape index (κ1) is 27.8. The van der Waals surface area contributed by atoms with Gasteiger partial charge in [0.05, 0.1) is 23.1 Å². The molecule has 2 heterocycles. The van der Waals surface area contributed by atoms with Gasteiger partial charge < -0.3 is 14.4 Å². The number of unbranched alkanes of at least 4 members (excludes halogenated alkanes) is 1. The van der Waals surface area contributed by atoms with Crippen molar-refractivity contribution in [1.82, 2.24) is 19.4 Å². The Morgan fingerprint density at radius 3 is 2.46 bits per heavy atom. The van der Waals surface area contributed by atoms with E-state index in [9.17, 15) is 13.6 Å². The summed E-state index contributed by atoms with van der Waals surface area (Å²) >= 11 is 0. The van der Waals surface area contributed by atoms with E-state index in [1.807, 2.05) is 18.2 Å². The monoisotopic (exact) mass is 536 g/mol. The highest BCUT2D eigenvalue weighted by Crippen LogP contribution is 2.34. The minimum atomic E-state index is -1.08. The van der Waals surface area contributed by atoms with Crippen LogP contribution >= 0.6 is 0 Å². The fourth-order valence-corrected chi connectivity index (χ4v) is 6.53. The number of para-hydroxylation sites is 2. The van der Waals surface area contributed by atoms with Gasteiger partial charge in [0.2, 0.25) is 0 Å². The van der Waals surface area contributed by atoms with Crippen LogP contribution in [-0.4, -0.2) is 51.4 Å². The summed E-state index contributed by atoms with van der Waals surface area (Å²) in [7, 11) is 0. The molecule has 2 unspecified atom stereocenters. The Bertz CT molecular complexity index is 1250. The number of piperidine rings is 1. The number of hydrogen-bond donors (Lipinski definition) is 0. The summed E-state index contributed by atoms with van der Waals surface area (Å²) < 4.78 is 30.9. The van der Waals surface area contributed by atoms with Gasteiger partial charge in [-0.05, 0) is 81.3 Å². The number of carbonyl (C=O) groups excluding carboxylic acids is 1. The number of amides is 1. The Morgan fingerprint density at radius 1 is 0.949 bits per heavy atom. The van der Waals surface area contributed by atoms with Crippen molar-refractivity contribution in [3.63, 3.8) is 0 Å². The topological polar surface area (TPSA) is 41.4 Å². The van der Waals surface area contributed by atoms with Crippen molar-refractivity contribution >= 4 is 16.9 Å². The van der Waals surface area contributed by atoms with Crippen molar-refractivity contribution in [3.05, 3.63) is 65.5 Å². The minimum absolute atomic E-state index is 0.220. The first-order chi connectivity index (χ1) is 19.0. The van der Waals surface area contributed by atoms with Crippen LogP contribution in [0.15, 0.2) is 42.5 Å². The van der Waals surface area contributed by atoms with Gasteiger partial charge in [0.25, 0.3) is 5.91 Å². The van der Waals surface area contributed by atoms with Gasteiger partial charge in [-0.15, -0.1) is 0 Å². The van der Waals surface area contributed by atoms with Crippen LogP contribution < -0.4 is 0 Å². The second-order valence-corrected chi connectivity index (χ2v) is 11.5. The number of imidazole rings is 1. The van der Waals surface area contributed by atoms with Gasteiger partial charge in [0, 0.05) is 19.6 Å². The number of carbonyl (C=O) groups is 1. The molecule has 1 aliphatic carbocycles. The Morgan fingerprint density at radius 2 is 1.69 bits per heavy atom. The Hall–Kier alpha value is -2.80. The van der Waals surface area contributed by atoms with Gasteiger partial charge in [0.15, 0.2) is 11.6 Å². The number of aromatic nitrogens is 2. The SMILES string of the molecule is CCCCN(Cc1nc2ccccc2n1CC1CCCCC1CN1CCCCC1)C(=O)c1cccc(F)c1F. The van der Waals surface area contributed by atoms with E-state index in [0.29, 0.717) is 18.4 Å². The Kier molecular flexibility index (Phi) is 9.28. The van der Waals surface area contributed by atoms with Gasteiger partial charge in [-0.2, -0.15) is 0 Å². The van der Waals surface area contributed by atoms with Gasteiger partial charge in [0.1, 0.15) is 5.82 Å². The lowest BCUT2D eigenvalue weighted by molar-refractivity contribution is 0.0726. The molecule has 0 N–H and O–H groups in total. The van der Waals surface area contributed by atoms with E-state index in [4.69, 9.17) is 4.98 Å². The summed E-state index contributed by atoms with van der Waals surface area (Å²) in [6.07, 6.45) is 10.7. The number of likely N-dealkylation sites (tertiary alicyclic amines) is 1. The molecule has 39 heavy (non-hydrogen) atoms. The second-order valence-electron chi connectivity index (χ2n) is 11.5. The third-order valence-electron chi connectivity index (χ3n) is 8.74. The number of rotatable bonds is 10. The first-order valence-electron chi connectivity index (χ1n) is 14.9. The molecular weight excluding hydrogens is 494 g/mol. The summed E-state index contributed by atoms with van der Waals surface area (Å²) in [5.74, 6) is -0.539. The van der Waals surface area contributed by atoms with E-state index in [1.165, 1.54) is 76.7 Å². The molecule has 3 aromatic rings. The molecule has 210 valence electrons. The van der Waals surface area contributed by atoms with E-state index in [0.717, 1.165) is 42.3 Å². The fraction of sp³-hybridized carbons (Fsp3) is 0.562. The smallest absolute Gasteiger partial charge is 0.257 e. The van der Waals surface area contributed by atoms with Crippen molar-refractivity contribution in [1.29, 1.82) is 0 Å². The van der Waals surface area contributed by atoms with Crippen LogP contribution in [0.5, 0.6) is 0 Å². The summed E-state index contributed by atoms with van der Waals surface area (Å²) in [6, 6.07) is 12.0. The van der Waals surface area contributed by atoms with Crippen LogP contribution in [0.1, 0.15) is 80.9 Å². The average molecular weight is 537 g/mol. The summed E-state index contributed by atoms with van der Waals surface area (Å²) in [6.45, 7) is 7.28. The average Bonchev–Trinajstić information content (AvgIpc) is 3.30. The van der Waals surface area contributed by atoms with E-state index in [-0.39, 0.29) is 12.1 Å². The molecule has 2 atom stereocenters. The molecule has 2 aliphatic rings. The van der Waals surface area contributed by atoms with Gasteiger partial charge in [-0.25, -0.2) is 13.8 Å². The third-order valence-corrected chi connectivity index (χ3v) is 8.74. The molecule has 5 rings (SSSR count). The molecule has 1 amide bonds. The van der Waals surface area contributed by atoms with Crippen molar-refractivity contribution in [3.8, 4) is 0 Å². The maximum atomic E-state index is 14.6. The van der Waals surface area contributed by atoms with Crippen LogP contribution in [0, 0.1) is 23.5 Å². The van der Waals surface area contributed by atoms with Crippen molar-refractivity contribution in [2.75, 3.05) is 26.2 Å². The molecule has 0 radical (unpaired) electrons. The highest BCUT2D eigenvalue weighted by molar-refractivity contribution is 5.94. The molecular formula is C32H42F2N4O. The number of benzene rings is 2. The summed E-state index contributed by atoms with van der Waals surface area (Å²) in [5.41, 5.74) is 1.77. The van der Waals surface area contributed by atoms with E-state index < -0.39 is 17.5 Å². The third kappa shape index (κ3) is 6.51. The molecule has 7 heteroatoms. The zero-order chi connectivity index (χ0) is 27.2. The lowest BCUT2D eigenvalue weighted by Crippen LogP contribution is -2.39. The maximum Gasteiger partial charge on any atom is 0.257 e. The molecule has 1 aliphatic heterocycles. The highest BCUT2D eigenvalue weighted by Gasteiger charge is 2.30. The zero-order valence-corrected chi connectivity index (χ0v) is 23.3. The van der Waals surface area contributed by atoms with Gasteiger partial charge in [-0.3, -0.25) is 4.79 Å². The lowest BCUT2D eigenvalue weighted by Gasteiger charge is -2.37. The highest BCUT2D eigenvalue weighted by atomic mass is 19.2. The number of halogens is 2. The van der Waals surface area contributed by atoms with Crippen LogP contribution in [0.4, 0.5) is 8.78 Å². The number of nitrogens with zero attached hydrogens (tertiary/aromatic N) is 4. The Balaban J connectivity index is 1.43. The normalized spacial score (nSPS) is 20.4. The van der Waals surface area contributed by atoms with Crippen LogP contribution in [0.3, 0.4) is 0 Å². The molecule has 0 bridgehead atoms. The van der Waals surface area contributed by atoms with E-state index >= 15 is 0 Å². The predicted octanol–water partition coefficient (Wildman–Crippen LogP) is 7.05. The van der Waals surface area contributed by atoms with Crippen molar-refractivity contribution in [2.24, 2.45) is 11.8 Å². The van der Waals surface area contributed by atoms with Crippen molar-refractivity contribution < 1.29 is 13.6 Å². The standard InChI is InChI=1S/C32H42F2N4O/c1-2-3-20-37(32(39)26-14-11-15-27(33)31(26)34)23-30-35-28-16-7-8-17-29(28)38(30)22-25-13-6-5-12-24(25)21-36-18-9-4-10-19-36/h7-8,11,14-17,24-25H,2-6,9-10,12-13,18-23H2,1H3. The molecule has 0 spiro atoms. The summed E-state index contributed by atoms with van der Waals surface area (Å²) in [5, 5.41) is 0. The number of hydrogen-bond acceptors (Lipinski definition) is 3. The van der Waals surface area contributed by atoms with E-state index in [1.54, 1.807) is 4.90 Å². The quantitative estimate of drug-likeness (QED) is 0.279. The minimum Gasteiger partial charge on any atom is -0.331 e. The largest absolute Gasteiger partial charge is 0.331 e. The fourth-order valence-electron chi connectivity index (χ4n) is 6.53. The maximum absolute atomic E-state index is 14.6. The van der Waals surface area contributed by atoms with Crippen molar-refractivity contribution in [2.45, 2.75) is 77.8 Å². The molecule has 2 aromatic carbocycles. The van der Waals surface area contributed by atoms with Crippen LogP contribution in [0.2, 0.25) is 0 Å². The van der Waals surface area contributed by atoms with Gasteiger partial charge in [-0.1, -0.05) is 50.8 Å². The Labute approximate surface area is 231 Å². The molecule has 1 aromatic heterocycles. The number of fused-ring (bicyclic) bond motifs is 1. The molecule has 1 saturated heterocycles. The molecule has 2 fully saturated rings. The zero-order valence-electron chi connectivity index (χ0n) is 23.3. The van der Waals surface area contributed by atoms with Gasteiger partial charge >= 0.3 is 0 Å². The van der Waals surface area contributed by atoms with E-state index in [2.05, 4.69) is 22.5 Å². The summed E-state index contributed by atoms with van der Waals surface area (Å²) in [4.78, 5) is 22.8. The molecule has 1 saturated carbocycles. The molecule has 5 nitrogen and oxygen atoms in total. The first-order valence-corrected chi connectivity index (χ1v) is 14.9.